The Morgan fingerprint density at radius 3 is 2.48 bits per heavy atom. The van der Waals surface area contributed by atoms with Gasteiger partial charge in [-0.25, -0.2) is 4.98 Å². The monoisotopic (exact) mass is 402 g/mol. The Bertz CT molecular complexity index is 635. The lowest BCUT2D eigenvalue weighted by atomic mass is 10.1. The first-order chi connectivity index (χ1) is 10.4. The number of nitrogens with one attached hydrogen (secondary N) is 1. The Hall–Kier alpha value is -0.0900. The Morgan fingerprint density at radius 1 is 1.39 bits per heavy atom. The molecule has 0 spiro atoms. The minimum Gasteiger partial charge on any atom is -0.598 e. The maximum absolute atomic E-state index is 12.3. The molecule has 132 valence electrons. The Morgan fingerprint density at radius 2 is 2.00 bits per heavy atom. The number of aromatic nitrogens is 1. The van der Waals surface area contributed by atoms with Gasteiger partial charge >= 0.3 is 0 Å². The summed E-state index contributed by atoms with van der Waals surface area (Å²) in [6.07, 6.45) is 1.22. The molecule has 2 atom stereocenters. The molecule has 0 aliphatic heterocycles. The van der Waals surface area contributed by atoms with Crippen LogP contribution >= 0.6 is 23.2 Å². The molecule has 6 nitrogen and oxygen atoms in total. The lowest BCUT2D eigenvalue weighted by Crippen LogP contribution is -2.41. The molecule has 0 saturated heterocycles. The molecule has 0 radical (unpaired) electrons. The number of hydrogen-bond acceptors (Lipinski definition) is 6. The van der Waals surface area contributed by atoms with Gasteiger partial charge in [-0.1, -0.05) is 29.3 Å². The van der Waals surface area contributed by atoms with Gasteiger partial charge < -0.3 is 4.55 Å². The van der Waals surface area contributed by atoms with Gasteiger partial charge in [-0.3, -0.25) is 4.18 Å². The van der Waals surface area contributed by atoms with E-state index >= 15 is 0 Å². The highest BCUT2D eigenvalue weighted by molar-refractivity contribution is 7.90. The third-order valence-electron chi connectivity index (χ3n) is 2.73. The van der Waals surface area contributed by atoms with Gasteiger partial charge in [0.05, 0.1) is 18.9 Å². The van der Waals surface area contributed by atoms with E-state index in [4.69, 9.17) is 27.4 Å². The molecule has 0 fully saturated rings. The van der Waals surface area contributed by atoms with Gasteiger partial charge in [0.2, 0.25) is 0 Å². The summed E-state index contributed by atoms with van der Waals surface area (Å²) in [5.41, 5.74) is 0.575. The van der Waals surface area contributed by atoms with Crippen LogP contribution in [0.5, 0.6) is 0 Å². The molecule has 1 aromatic rings. The number of halogens is 2. The van der Waals surface area contributed by atoms with Crippen LogP contribution in [-0.2, 0) is 25.7 Å². The van der Waals surface area contributed by atoms with E-state index in [1.807, 2.05) is 20.8 Å². The summed E-state index contributed by atoms with van der Waals surface area (Å²) in [5, 5.41) is 0.405. The van der Waals surface area contributed by atoms with Crippen LogP contribution in [0.3, 0.4) is 0 Å². The van der Waals surface area contributed by atoms with E-state index in [1.165, 1.54) is 0 Å². The van der Waals surface area contributed by atoms with Crippen molar-refractivity contribution in [2.45, 2.75) is 38.0 Å². The average Bonchev–Trinajstić information content (AvgIpc) is 2.35. The molecule has 0 saturated carbocycles. The van der Waals surface area contributed by atoms with Crippen molar-refractivity contribution in [3.63, 3.8) is 0 Å². The standard InChI is InChI=1S/C13H20Cl2N2O4S2/c1-13(2,3)22(18)17-10(7-8-21-23(4,19)20)9-5-6-11(14)16-12(9)15/h5-6,10,17H,7-8H2,1-4H3. The molecule has 0 amide bonds. The summed E-state index contributed by atoms with van der Waals surface area (Å²) < 4.78 is 41.7. The Labute approximate surface area is 150 Å². The molecule has 1 rings (SSSR count). The topological polar surface area (TPSA) is 91.3 Å². The highest BCUT2D eigenvalue weighted by atomic mass is 35.5. The lowest BCUT2D eigenvalue weighted by Gasteiger charge is -2.28. The fourth-order valence-corrected chi connectivity index (χ4v) is 3.32. The van der Waals surface area contributed by atoms with E-state index < -0.39 is 32.3 Å². The van der Waals surface area contributed by atoms with E-state index in [2.05, 4.69) is 9.71 Å². The number of nitrogens with zero attached hydrogens (tertiary/aromatic N) is 1. The number of hydrogen-bond donors (Lipinski definition) is 1. The molecule has 0 aromatic carbocycles. The van der Waals surface area contributed by atoms with Crippen LogP contribution in [-0.4, -0.2) is 35.6 Å². The minimum absolute atomic E-state index is 0.0726. The zero-order valence-electron chi connectivity index (χ0n) is 13.3. The van der Waals surface area contributed by atoms with Crippen LogP contribution in [0.15, 0.2) is 12.1 Å². The van der Waals surface area contributed by atoms with E-state index in [1.54, 1.807) is 12.1 Å². The van der Waals surface area contributed by atoms with Crippen LogP contribution in [0.2, 0.25) is 10.3 Å². The second-order valence-corrected chi connectivity index (χ2v) is 10.3. The summed E-state index contributed by atoms with van der Waals surface area (Å²) >= 11 is 10.5. The molecule has 1 aromatic heterocycles. The van der Waals surface area contributed by atoms with Gasteiger partial charge in [0.1, 0.15) is 15.1 Å². The van der Waals surface area contributed by atoms with Crippen molar-refractivity contribution in [2.75, 3.05) is 12.9 Å². The second kappa shape index (κ2) is 8.33. The number of pyridine rings is 1. The van der Waals surface area contributed by atoms with Gasteiger partial charge in [0.25, 0.3) is 10.1 Å². The maximum Gasteiger partial charge on any atom is 0.264 e. The van der Waals surface area contributed by atoms with E-state index in [0.29, 0.717) is 5.56 Å². The largest absolute Gasteiger partial charge is 0.598 e. The van der Waals surface area contributed by atoms with Crippen LogP contribution in [0, 0.1) is 0 Å². The highest BCUT2D eigenvalue weighted by Crippen LogP contribution is 2.28. The average molecular weight is 403 g/mol. The van der Waals surface area contributed by atoms with E-state index in [-0.39, 0.29) is 23.3 Å². The summed E-state index contributed by atoms with van der Waals surface area (Å²) in [6, 6.07) is 2.74. The fourth-order valence-electron chi connectivity index (χ4n) is 1.58. The van der Waals surface area contributed by atoms with Crippen LogP contribution in [0.1, 0.15) is 38.8 Å². The third-order valence-corrected chi connectivity index (χ3v) is 5.45. The first-order valence-corrected chi connectivity index (χ1v) is 10.5. The van der Waals surface area contributed by atoms with Crippen molar-refractivity contribution < 1.29 is 17.2 Å². The zero-order chi connectivity index (χ0) is 17.8. The summed E-state index contributed by atoms with van der Waals surface area (Å²) in [6.45, 7) is 5.39. The highest BCUT2D eigenvalue weighted by Gasteiger charge is 2.31. The summed E-state index contributed by atoms with van der Waals surface area (Å²) in [7, 11) is -3.55. The molecule has 0 aliphatic rings. The fraction of sp³-hybridized carbons (Fsp3) is 0.615. The smallest absolute Gasteiger partial charge is 0.264 e. The maximum atomic E-state index is 12.3. The molecule has 23 heavy (non-hydrogen) atoms. The van der Waals surface area contributed by atoms with Crippen molar-refractivity contribution in [1.29, 1.82) is 0 Å². The van der Waals surface area contributed by atoms with Crippen molar-refractivity contribution >= 4 is 44.7 Å². The molecule has 2 unspecified atom stereocenters. The van der Waals surface area contributed by atoms with Crippen LogP contribution in [0.25, 0.3) is 0 Å². The molecule has 10 heteroatoms. The SMILES string of the molecule is CC(C)(C)[S+]([O-])NC(CCOS(C)(=O)=O)c1ccc(Cl)nc1Cl. The first kappa shape index (κ1) is 21.0. The molecule has 1 heterocycles. The van der Waals surface area contributed by atoms with Crippen molar-refractivity contribution in [3.8, 4) is 0 Å². The van der Waals surface area contributed by atoms with Gasteiger partial charge in [-0.15, -0.1) is 4.72 Å². The molecule has 1 N–H and O–H groups in total. The first-order valence-electron chi connectivity index (χ1n) is 6.74. The van der Waals surface area contributed by atoms with Crippen LogP contribution < -0.4 is 4.72 Å². The van der Waals surface area contributed by atoms with Gasteiger partial charge in [-0.2, -0.15) is 8.42 Å². The lowest BCUT2D eigenvalue weighted by molar-refractivity contribution is 0.299. The minimum atomic E-state index is -3.55. The quantitative estimate of drug-likeness (QED) is 0.428. The Balaban J connectivity index is 2.96. The van der Waals surface area contributed by atoms with E-state index in [9.17, 15) is 13.0 Å². The van der Waals surface area contributed by atoms with Crippen LogP contribution in [0.4, 0.5) is 0 Å². The van der Waals surface area contributed by atoms with Gasteiger partial charge in [0.15, 0.2) is 0 Å². The van der Waals surface area contributed by atoms with Gasteiger partial charge in [0, 0.05) is 16.9 Å². The molecular formula is C13H20Cl2N2O4S2. The third kappa shape index (κ3) is 7.55. The summed E-state index contributed by atoms with van der Waals surface area (Å²) in [4.78, 5) is 3.95. The summed E-state index contributed by atoms with van der Waals surface area (Å²) in [5.74, 6) is 0. The predicted octanol–water partition coefficient (Wildman–Crippen LogP) is 2.85. The van der Waals surface area contributed by atoms with Gasteiger partial charge in [-0.05, 0) is 33.3 Å². The molecular weight excluding hydrogens is 383 g/mol. The van der Waals surface area contributed by atoms with Crippen molar-refractivity contribution in [3.05, 3.63) is 28.0 Å². The molecule has 0 bridgehead atoms. The number of rotatable bonds is 7. The predicted molar refractivity (Wildman–Crippen MR) is 93.4 cm³/mol. The second-order valence-electron chi connectivity index (χ2n) is 5.88. The Kier molecular flexibility index (Phi) is 7.59. The molecule has 0 aliphatic carbocycles. The normalized spacial score (nSPS) is 15.4. The van der Waals surface area contributed by atoms with E-state index in [0.717, 1.165) is 6.26 Å². The zero-order valence-corrected chi connectivity index (χ0v) is 16.4. The van der Waals surface area contributed by atoms with Crippen molar-refractivity contribution in [1.82, 2.24) is 9.71 Å². The van der Waals surface area contributed by atoms with Crippen molar-refractivity contribution in [2.24, 2.45) is 0 Å².